The Morgan fingerprint density at radius 1 is 1.17 bits per heavy atom. The molecule has 24 heavy (non-hydrogen) atoms. The predicted molar refractivity (Wildman–Crippen MR) is 90.8 cm³/mol. The molecule has 0 spiro atoms. The molecule has 1 heterocycles. The second-order valence-corrected chi connectivity index (χ2v) is 6.09. The zero-order chi connectivity index (χ0) is 17.3. The van der Waals surface area contributed by atoms with Crippen molar-refractivity contribution < 1.29 is 14.0 Å². The molecule has 3 rings (SSSR count). The zero-order valence-electron chi connectivity index (χ0n) is 13.1. The summed E-state index contributed by atoms with van der Waals surface area (Å²) in [5.41, 5.74) is 2.07. The number of carbonyl (C=O) groups excluding carboxylic acids is 2. The number of carbonyl (C=O) groups is 2. The molecule has 1 fully saturated rings. The van der Waals surface area contributed by atoms with Gasteiger partial charge >= 0.3 is 0 Å². The number of benzene rings is 2. The van der Waals surface area contributed by atoms with Crippen molar-refractivity contribution >= 4 is 29.1 Å². The van der Waals surface area contributed by atoms with Crippen LogP contribution in [0.5, 0.6) is 0 Å². The lowest BCUT2D eigenvalue weighted by Gasteiger charge is -2.35. The van der Waals surface area contributed by atoms with Gasteiger partial charge in [-0.25, -0.2) is 4.39 Å². The Morgan fingerprint density at radius 3 is 2.58 bits per heavy atom. The van der Waals surface area contributed by atoms with Gasteiger partial charge in [0.1, 0.15) is 12.4 Å². The Balaban J connectivity index is 1.77. The van der Waals surface area contributed by atoms with E-state index in [4.69, 9.17) is 11.6 Å². The first-order valence-electron chi connectivity index (χ1n) is 7.57. The molecule has 1 aliphatic heterocycles. The second-order valence-electron chi connectivity index (χ2n) is 5.68. The molecule has 0 radical (unpaired) electrons. The largest absolute Gasteiger partial charge is 0.327 e. The third-order valence-electron chi connectivity index (χ3n) is 4.08. The van der Waals surface area contributed by atoms with Crippen LogP contribution >= 0.6 is 11.6 Å². The highest BCUT2D eigenvalue weighted by Gasteiger charge is 2.29. The fourth-order valence-corrected chi connectivity index (χ4v) is 3.05. The molecule has 124 valence electrons. The van der Waals surface area contributed by atoms with E-state index in [0.717, 1.165) is 17.3 Å². The summed E-state index contributed by atoms with van der Waals surface area (Å²) in [6.07, 6.45) is 0. The van der Waals surface area contributed by atoms with Gasteiger partial charge in [-0.3, -0.25) is 9.59 Å². The van der Waals surface area contributed by atoms with E-state index in [2.05, 4.69) is 0 Å². The lowest BCUT2D eigenvalue weighted by Crippen LogP contribution is -2.52. The average molecular weight is 347 g/mol. The molecule has 2 amide bonds. The van der Waals surface area contributed by atoms with E-state index in [1.165, 1.54) is 17.0 Å². The molecule has 0 saturated carbocycles. The van der Waals surface area contributed by atoms with Crippen LogP contribution in [-0.2, 0) is 4.79 Å². The number of halogens is 2. The second kappa shape index (κ2) is 6.61. The first-order valence-corrected chi connectivity index (χ1v) is 7.95. The Bertz CT molecular complexity index is 809. The third kappa shape index (κ3) is 3.12. The average Bonchev–Trinajstić information content (AvgIpc) is 2.55. The highest BCUT2D eigenvalue weighted by molar-refractivity contribution is 6.33. The summed E-state index contributed by atoms with van der Waals surface area (Å²) in [6.45, 7) is 2.72. The lowest BCUT2D eigenvalue weighted by atomic mass is 10.1. The number of aryl methyl sites for hydroxylation is 1. The van der Waals surface area contributed by atoms with Crippen LogP contribution in [0.2, 0.25) is 5.02 Å². The monoisotopic (exact) mass is 346 g/mol. The van der Waals surface area contributed by atoms with E-state index in [-0.39, 0.29) is 28.9 Å². The van der Waals surface area contributed by atoms with Crippen molar-refractivity contribution in [2.45, 2.75) is 6.92 Å². The summed E-state index contributed by atoms with van der Waals surface area (Å²) in [7, 11) is 0. The van der Waals surface area contributed by atoms with Crippen LogP contribution in [0.25, 0.3) is 0 Å². The van der Waals surface area contributed by atoms with Gasteiger partial charge in [0.25, 0.3) is 5.91 Å². The molecule has 4 nitrogen and oxygen atoms in total. The zero-order valence-corrected chi connectivity index (χ0v) is 13.9. The summed E-state index contributed by atoms with van der Waals surface area (Å²) in [4.78, 5) is 28.1. The lowest BCUT2D eigenvalue weighted by molar-refractivity contribution is -0.120. The molecule has 2 aromatic rings. The van der Waals surface area contributed by atoms with Gasteiger partial charge in [0.05, 0.1) is 10.6 Å². The summed E-state index contributed by atoms with van der Waals surface area (Å²) < 4.78 is 13.1. The SMILES string of the molecule is Cc1ccccc1N1CCN(C(=O)c2ccc(F)cc2Cl)CC1=O. The Kier molecular flexibility index (Phi) is 4.53. The normalized spacial score (nSPS) is 14.9. The van der Waals surface area contributed by atoms with Gasteiger partial charge in [0, 0.05) is 18.8 Å². The third-order valence-corrected chi connectivity index (χ3v) is 4.39. The van der Waals surface area contributed by atoms with Crippen LogP contribution in [0.4, 0.5) is 10.1 Å². The van der Waals surface area contributed by atoms with Gasteiger partial charge < -0.3 is 9.80 Å². The van der Waals surface area contributed by atoms with E-state index < -0.39 is 5.82 Å². The molecule has 0 N–H and O–H groups in total. The molecule has 6 heteroatoms. The van der Waals surface area contributed by atoms with E-state index >= 15 is 0 Å². The molecule has 0 atom stereocenters. The first-order chi connectivity index (χ1) is 11.5. The highest BCUT2D eigenvalue weighted by Crippen LogP contribution is 2.24. The van der Waals surface area contributed by atoms with Gasteiger partial charge in [-0.05, 0) is 36.8 Å². The Morgan fingerprint density at radius 2 is 1.92 bits per heavy atom. The molecule has 0 aliphatic carbocycles. The molecule has 1 saturated heterocycles. The quantitative estimate of drug-likeness (QED) is 0.837. The molecule has 0 bridgehead atoms. The number of nitrogens with zero attached hydrogens (tertiary/aromatic N) is 2. The van der Waals surface area contributed by atoms with Crippen molar-refractivity contribution in [3.05, 3.63) is 64.4 Å². The number of anilines is 1. The van der Waals surface area contributed by atoms with Crippen LogP contribution in [-0.4, -0.2) is 36.3 Å². The minimum absolute atomic E-state index is 0.0269. The van der Waals surface area contributed by atoms with Crippen LogP contribution in [0.1, 0.15) is 15.9 Å². The molecule has 2 aromatic carbocycles. The van der Waals surface area contributed by atoms with E-state index in [1.807, 2.05) is 31.2 Å². The summed E-state index contributed by atoms with van der Waals surface area (Å²) in [6, 6.07) is 11.3. The first kappa shape index (κ1) is 16.5. The van der Waals surface area contributed by atoms with Gasteiger partial charge in [0.15, 0.2) is 0 Å². The Hall–Kier alpha value is -2.40. The number of amides is 2. The summed E-state index contributed by atoms with van der Waals surface area (Å²) in [5.74, 6) is -1.02. The minimum atomic E-state index is -0.503. The molecule has 0 unspecified atom stereocenters. The van der Waals surface area contributed by atoms with Crippen molar-refractivity contribution in [2.75, 3.05) is 24.5 Å². The topological polar surface area (TPSA) is 40.6 Å². The fraction of sp³-hybridized carbons (Fsp3) is 0.222. The van der Waals surface area contributed by atoms with Crippen molar-refractivity contribution in [1.29, 1.82) is 0 Å². The van der Waals surface area contributed by atoms with E-state index in [9.17, 15) is 14.0 Å². The van der Waals surface area contributed by atoms with Crippen molar-refractivity contribution in [2.24, 2.45) is 0 Å². The van der Waals surface area contributed by atoms with Gasteiger partial charge in [-0.2, -0.15) is 0 Å². The smallest absolute Gasteiger partial charge is 0.255 e. The molecule has 1 aliphatic rings. The maximum atomic E-state index is 13.1. The maximum Gasteiger partial charge on any atom is 0.255 e. The fourth-order valence-electron chi connectivity index (χ4n) is 2.80. The molecule has 0 aromatic heterocycles. The number of hydrogen-bond acceptors (Lipinski definition) is 2. The van der Waals surface area contributed by atoms with Crippen LogP contribution in [0, 0.1) is 12.7 Å². The Labute approximate surface area is 144 Å². The van der Waals surface area contributed by atoms with Crippen molar-refractivity contribution in [3.8, 4) is 0 Å². The minimum Gasteiger partial charge on any atom is -0.327 e. The van der Waals surface area contributed by atoms with Crippen LogP contribution in [0.15, 0.2) is 42.5 Å². The van der Waals surface area contributed by atoms with Crippen molar-refractivity contribution in [1.82, 2.24) is 4.90 Å². The van der Waals surface area contributed by atoms with E-state index in [1.54, 1.807) is 4.90 Å². The number of rotatable bonds is 2. The predicted octanol–water partition coefficient (Wildman–Crippen LogP) is 3.28. The van der Waals surface area contributed by atoms with Crippen molar-refractivity contribution in [3.63, 3.8) is 0 Å². The summed E-state index contributed by atoms with van der Waals surface area (Å²) in [5, 5.41) is 0.0498. The standard InChI is InChI=1S/C18H16ClFN2O2/c1-12-4-2-3-5-16(12)22-9-8-21(11-17(22)23)18(24)14-7-6-13(20)10-15(14)19/h2-7,10H,8-9,11H2,1H3. The number of para-hydroxylation sites is 1. The molecular weight excluding hydrogens is 331 g/mol. The van der Waals surface area contributed by atoms with Gasteiger partial charge in [0.2, 0.25) is 5.91 Å². The highest BCUT2D eigenvalue weighted by atomic mass is 35.5. The number of hydrogen-bond donors (Lipinski definition) is 0. The number of piperazine rings is 1. The van der Waals surface area contributed by atoms with Crippen LogP contribution < -0.4 is 4.90 Å². The maximum absolute atomic E-state index is 13.1. The van der Waals surface area contributed by atoms with E-state index in [0.29, 0.717) is 13.1 Å². The molecular formula is C18H16ClFN2O2. The van der Waals surface area contributed by atoms with Gasteiger partial charge in [-0.1, -0.05) is 29.8 Å². The summed E-state index contributed by atoms with van der Waals surface area (Å²) >= 11 is 5.94. The van der Waals surface area contributed by atoms with Gasteiger partial charge in [-0.15, -0.1) is 0 Å². The van der Waals surface area contributed by atoms with Crippen LogP contribution in [0.3, 0.4) is 0 Å².